The van der Waals surface area contributed by atoms with Gasteiger partial charge in [-0.2, -0.15) is 13.5 Å². The van der Waals surface area contributed by atoms with E-state index in [1.54, 1.807) is 6.07 Å². The summed E-state index contributed by atoms with van der Waals surface area (Å²) in [5.41, 5.74) is 0.628. The molecule has 0 fully saturated rings. The predicted octanol–water partition coefficient (Wildman–Crippen LogP) is 0.785. The van der Waals surface area contributed by atoms with Crippen molar-refractivity contribution in [1.82, 2.24) is 15.2 Å². The highest BCUT2D eigenvalue weighted by Gasteiger charge is 2.16. The van der Waals surface area contributed by atoms with Crippen molar-refractivity contribution in [2.24, 2.45) is 0 Å². The Hall–Kier alpha value is -1.86. The molecule has 1 aromatic heterocycles. The van der Waals surface area contributed by atoms with E-state index < -0.39 is 10.1 Å². The standard InChI is InChI=1S/C9H7N3O3S/c13-16(14,15)9-4-2-1-3-7(9)8-5-11-12-6-10-8/h1-6H,(H,13,14,15). The molecule has 2 aromatic rings. The van der Waals surface area contributed by atoms with Gasteiger partial charge in [0.05, 0.1) is 11.9 Å². The smallest absolute Gasteiger partial charge is 0.282 e. The second kappa shape index (κ2) is 3.95. The fourth-order valence-corrected chi connectivity index (χ4v) is 1.98. The van der Waals surface area contributed by atoms with Crippen molar-refractivity contribution in [2.45, 2.75) is 4.90 Å². The van der Waals surface area contributed by atoms with Crippen LogP contribution in [-0.4, -0.2) is 28.2 Å². The van der Waals surface area contributed by atoms with Crippen molar-refractivity contribution in [3.63, 3.8) is 0 Å². The van der Waals surface area contributed by atoms with Crippen LogP contribution in [0.15, 0.2) is 41.7 Å². The van der Waals surface area contributed by atoms with Crippen molar-refractivity contribution in [3.8, 4) is 11.3 Å². The van der Waals surface area contributed by atoms with Crippen LogP contribution in [0.25, 0.3) is 11.3 Å². The van der Waals surface area contributed by atoms with Gasteiger partial charge in [0, 0.05) is 5.56 Å². The largest absolute Gasteiger partial charge is 0.295 e. The molecule has 0 aliphatic rings. The van der Waals surface area contributed by atoms with E-state index in [0.29, 0.717) is 11.3 Å². The molecule has 0 atom stereocenters. The van der Waals surface area contributed by atoms with Gasteiger partial charge in [-0.05, 0) is 6.07 Å². The van der Waals surface area contributed by atoms with Crippen molar-refractivity contribution >= 4 is 10.1 Å². The van der Waals surface area contributed by atoms with Gasteiger partial charge in [0.2, 0.25) is 0 Å². The SMILES string of the molecule is O=S(=O)(O)c1ccccc1-c1cnncn1. The molecule has 0 unspecified atom stereocenters. The average Bonchev–Trinajstić information content (AvgIpc) is 2.29. The summed E-state index contributed by atoms with van der Waals surface area (Å²) in [5, 5.41) is 7.08. The van der Waals surface area contributed by atoms with Crippen LogP contribution < -0.4 is 0 Å². The maximum absolute atomic E-state index is 11.1. The zero-order chi connectivity index (χ0) is 11.6. The second-order valence-electron chi connectivity index (χ2n) is 2.96. The van der Waals surface area contributed by atoms with Crippen LogP contribution in [0.3, 0.4) is 0 Å². The minimum atomic E-state index is -4.27. The minimum Gasteiger partial charge on any atom is -0.282 e. The minimum absolute atomic E-state index is 0.199. The topological polar surface area (TPSA) is 93.0 Å². The third kappa shape index (κ3) is 2.05. The second-order valence-corrected chi connectivity index (χ2v) is 4.35. The van der Waals surface area contributed by atoms with Gasteiger partial charge in [0.15, 0.2) is 0 Å². The Morgan fingerprint density at radius 2 is 1.88 bits per heavy atom. The molecule has 0 radical (unpaired) electrons. The van der Waals surface area contributed by atoms with Crippen LogP contribution in [0, 0.1) is 0 Å². The Labute approximate surface area is 91.7 Å². The number of nitrogens with zero attached hydrogens (tertiary/aromatic N) is 3. The molecule has 0 saturated heterocycles. The molecule has 1 heterocycles. The van der Waals surface area contributed by atoms with Gasteiger partial charge in [-0.3, -0.25) is 4.55 Å². The van der Waals surface area contributed by atoms with Gasteiger partial charge in [-0.15, -0.1) is 5.10 Å². The monoisotopic (exact) mass is 237 g/mol. The molecule has 0 aliphatic carbocycles. The molecule has 0 aliphatic heterocycles. The molecule has 2 rings (SSSR count). The molecular formula is C9H7N3O3S. The quantitative estimate of drug-likeness (QED) is 0.776. The lowest BCUT2D eigenvalue weighted by Gasteiger charge is -2.04. The van der Waals surface area contributed by atoms with Gasteiger partial charge in [-0.25, -0.2) is 4.98 Å². The normalized spacial score (nSPS) is 11.3. The zero-order valence-electron chi connectivity index (χ0n) is 7.98. The maximum atomic E-state index is 11.1. The first-order chi connectivity index (χ1) is 7.59. The lowest BCUT2D eigenvalue weighted by atomic mass is 10.2. The third-order valence-corrected chi connectivity index (χ3v) is 2.85. The van der Waals surface area contributed by atoms with Crippen molar-refractivity contribution in [2.75, 3.05) is 0 Å². The van der Waals surface area contributed by atoms with E-state index in [1.165, 1.54) is 30.7 Å². The Balaban J connectivity index is 2.68. The highest BCUT2D eigenvalue weighted by atomic mass is 32.2. The molecule has 7 heteroatoms. The molecule has 1 aromatic carbocycles. The van der Waals surface area contributed by atoms with E-state index in [-0.39, 0.29) is 4.90 Å². The van der Waals surface area contributed by atoms with E-state index in [4.69, 9.17) is 4.55 Å². The first-order valence-electron chi connectivity index (χ1n) is 4.28. The van der Waals surface area contributed by atoms with Gasteiger partial charge < -0.3 is 0 Å². The summed E-state index contributed by atoms with van der Waals surface area (Å²) in [6.07, 6.45) is 2.53. The summed E-state index contributed by atoms with van der Waals surface area (Å²) in [6, 6.07) is 5.99. The summed E-state index contributed by atoms with van der Waals surface area (Å²) < 4.78 is 31.3. The summed E-state index contributed by atoms with van der Waals surface area (Å²) in [5.74, 6) is 0. The molecule has 0 spiro atoms. The lowest BCUT2D eigenvalue weighted by Crippen LogP contribution is -2.01. The maximum Gasteiger partial charge on any atom is 0.295 e. The summed E-state index contributed by atoms with van der Waals surface area (Å²) in [6.45, 7) is 0. The summed E-state index contributed by atoms with van der Waals surface area (Å²) in [4.78, 5) is 3.68. The van der Waals surface area contributed by atoms with Crippen LogP contribution in [-0.2, 0) is 10.1 Å². The van der Waals surface area contributed by atoms with E-state index in [2.05, 4.69) is 15.2 Å². The van der Waals surface area contributed by atoms with Gasteiger partial charge in [0.1, 0.15) is 11.2 Å². The Morgan fingerprint density at radius 1 is 1.12 bits per heavy atom. The molecule has 0 saturated carbocycles. The van der Waals surface area contributed by atoms with Gasteiger partial charge >= 0.3 is 0 Å². The number of hydrogen-bond acceptors (Lipinski definition) is 5. The molecule has 6 nitrogen and oxygen atoms in total. The fourth-order valence-electron chi connectivity index (χ4n) is 1.28. The van der Waals surface area contributed by atoms with Crippen molar-refractivity contribution in [1.29, 1.82) is 0 Å². The lowest BCUT2D eigenvalue weighted by molar-refractivity contribution is 0.483. The van der Waals surface area contributed by atoms with Crippen molar-refractivity contribution in [3.05, 3.63) is 36.8 Å². The van der Waals surface area contributed by atoms with Crippen LogP contribution in [0.4, 0.5) is 0 Å². The van der Waals surface area contributed by atoms with E-state index in [9.17, 15) is 8.42 Å². The first-order valence-corrected chi connectivity index (χ1v) is 5.72. The molecule has 1 N–H and O–H groups in total. The molecule has 16 heavy (non-hydrogen) atoms. The Kier molecular flexibility index (Phi) is 2.63. The first kappa shape index (κ1) is 10.7. The fraction of sp³-hybridized carbons (Fsp3) is 0. The summed E-state index contributed by atoms with van der Waals surface area (Å²) in [7, 11) is -4.27. The number of hydrogen-bond donors (Lipinski definition) is 1. The van der Waals surface area contributed by atoms with Gasteiger partial charge in [0.25, 0.3) is 10.1 Å². The van der Waals surface area contributed by atoms with Crippen LogP contribution >= 0.6 is 0 Å². The highest BCUT2D eigenvalue weighted by Crippen LogP contribution is 2.24. The van der Waals surface area contributed by atoms with E-state index in [0.717, 1.165) is 0 Å². The van der Waals surface area contributed by atoms with Crippen LogP contribution in [0.5, 0.6) is 0 Å². The average molecular weight is 237 g/mol. The van der Waals surface area contributed by atoms with Crippen LogP contribution in [0.1, 0.15) is 0 Å². The van der Waals surface area contributed by atoms with Crippen LogP contribution in [0.2, 0.25) is 0 Å². The highest BCUT2D eigenvalue weighted by molar-refractivity contribution is 7.86. The Bertz CT molecular complexity index is 598. The van der Waals surface area contributed by atoms with E-state index >= 15 is 0 Å². The predicted molar refractivity (Wildman–Crippen MR) is 55.1 cm³/mol. The zero-order valence-corrected chi connectivity index (χ0v) is 8.79. The molecule has 0 amide bonds. The van der Waals surface area contributed by atoms with E-state index in [1.807, 2.05) is 0 Å². The number of benzene rings is 1. The number of aromatic nitrogens is 3. The molecule has 0 bridgehead atoms. The molecular weight excluding hydrogens is 230 g/mol. The number of rotatable bonds is 2. The van der Waals surface area contributed by atoms with Gasteiger partial charge in [-0.1, -0.05) is 18.2 Å². The molecule has 82 valence electrons. The third-order valence-electron chi connectivity index (χ3n) is 1.94. The Morgan fingerprint density at radius 3 is 2.50 bits per heavy atom. The van der Waals surface area contributed by atoms with Crippen molar-refractivity contribution < 1.29 is 13.0 Å². The summed E-state index contributed by atoms with van der Waals surface area (Å²) >= 11 is 0.